The maximum atomic E-state index is 13.0. The summed E-state index contributed by atoms with van der Waals surface area (Å²) in [6.45, 7) is 6.46. The van der Waals surface area contributed by atoms with Crippen molar-refractivity contribution in [1.29, 1.82) is 0 Å². The van der Waals surface area contributed by atoms with Gasteiger partial charge in [0.05, 0.1) is 0 Å². The molecular formula is C24H24N2O2. The smallest absolute Gasteiger partial charge is 0.258 e. The molecule has 0 aromatic heterocycles. The Morgan fingerprint density at radius 1 is 0.821 bits per heavy atom. The second-order valence-corrected chi connectivity index (χ2v) is 6.80. The number of nitrogens with one attached hydrogen (secondary N) is 1. The number of para-hydroxylation sites is 1. The van der Waals surface area contributed by atoms with Gasteiger partial charge in [-0.1, -0.05) is 30.3 Å². The first kappa shape index (κ1) is 19.4. The third-order valence-electron chi connectivity index (χ3n) is 4.48. The Kier molecular flexibility index (Phi) is 5.90. The summed E-state index contributed by atoms with van der Waals surface area (Å²) in [4.78, 5) is 27.4. The second kappa shape index (κ2) is 8.53. The second-order valence-electron chi connectivity index (χ2n) is 6.80. The van der Waals surface area contributed by atoms with E-state index in [1.165, 1.54) is 0 Å². The van der Waals surface area contributed by atoms with E-state index in [1.54, 1.807) is 29.2 Å². The summed E-state index contributed by atoms with van der Waals surface area (Å²) >= 11 is 0. The van der Waals surface area contributed by atoms with Crippen LogP contribution in [-0.2, 0) is 0 Å². The first-order valence-corrected chi connectivity index (χ1v) is 9.34. The van der Waals surface area contributed by atoms with Gasteiger partial charge in [-0.2, -0.15) is 0 Å². The van der Waals surface area contributed by atoms with Crippen molar-refractivity contribution >= 4 is 23.2 Å². The van der Waals surface area contributed by atoms with Gasteiger partial charge in [0.1, 0.15) is 0 Å². The first-order valence-electron chi connectivity index (χ1n) is 9.34. The van der Waals surface area contributed by atoms with Gasteiger partial charge in [0, 0.05) is 29.0 Å². The van der Waals surface area contributed by atoms with E-state index in [0.29, 0.717) is 17.7 Å². The summed E-state index contributed by atoms with van der Waals surface area (Å²) in [7, 11) is 0. The van der Waals surface area contributed by atoms with Crippen LogP contribution in [0.4, 0.5) is 11.4 Å². The van der Waals surface area contributed by atoms with E-state index >= 15 is 0 Å². The lowest BCUT2D eigenvalue weighted by Gasteiger charge is -2.21. The fourth-order valence-electron chi connectivity index (χ4n) is 3.25. The van der Waals surface area contributed by atoms with Crippen molar-refractivity contribution in [2.75, 3.05) is 16.8 Å². The normalized spacial score (nSPS) is 10.4. The summed E-state index contributed by atoms with van der Waals surface area (Å²) in [6.07, 6.45) is 0. The molecule has 3 aromatic rings. The molecule has 1 N–H and O–H groups in total. The van der Waals surface area contributed by atoms with Gasteiger partial charge in [-0.15, -0.1) is 0 Å². The molecule has 0 unspecified atom stereocenters. The zero-order chi connectivity index (χ0) is 20.1. The minimum atomic E-state index is -0.234. The number of aryl methyl sites for hydroxylation is 2. The lowest BCUT2D eigenvalue weighted by Crippen LogP contribution is -2.30. The Bertz CT molecular complexity index is 976. The third kappa shape index (κ3) is 4.46. The van der Waals surface area contributed by atoms with Gasteiger partial charge < -0.3 is 10.2 Å². The number of anilines is 2. The fourth-order valence-corrected chi connectivity index (χ4v) is 3.25. The van der Waals surface area contributed by atoms with Gasteiger partial charge in [-0.3, -0.25) is 9.59 Å². The highest BCUT2D eigenvalue weighted by atomic mass is 16.2. The van der Waals surface area contributed by atoms with Crippen LogP contribution in [0.5, 0.6) is 0 Å². The number of carbonyl (C=O) groups is 2. The molecule has 4 nitrogen and oxygen atoms in total. The van der Waals surface area contributed by atoms with E-state index in [-0.39, 0.29) is 11.8 Å². The Balaban J connectivity index is 1.83. The van der Waals surface area contributed by atoms with Crippen molar-refractivity contribution in [2.45, 2.75) is 20.8 Å². The van der Waals surface area contributed by atoms with E-state index in [4.69, 9.17) is 0 Å². The largest absolute Gasteiger partial charge is 0.322 e. The zero-order valence-corrected chi connectivity index (χ0v) is 16.4. The molecule has 0 aliphatic carbocycles. The van der Waals surface area contributed by atoms with Crippen molar-refractivity contribution < 1.29 is 9.59 Å². The summed E-state index contributed by atoms with van der Waals surface area (Å²) in [5.74, 6) is -0.364. The molecule has 0 spiro atoms. The Morgan fingerprint density at radius 2 is 1.46 bits per heavy atom. The molecule has 0 heterocycles. The van der Waals surface area contributed by atoms with Gasteiger partial charge in [-0.25, -0.2) is 0 Å². The van der Waals surface area contributed by atoms with Crippen LogP contribution in [0.2, 0.25) is 0 Å². The molecule has 3 aromatic carbocycles. The molecule has 0 fully saturated rings. The molecule has 0 saturated carbocycles. The SMILES string of the molecule is CCN(C(=O)c1cccc(C(=O)Nc2cc(C)cc(C)c2)c1)c1ccccc1. The van der Waals surface area contributed by atoms with Crippen LogP contribution in [-0.4, -0.2) is 18.4 Å². The molecule has 4 heteroatoms. The van der Waals surface area contributed by atoms with Crippen LogP contribution < -0.4 is 10.2 Å². The standard InChI is InChI=1S/C24H24N2O2/c1-4-26(22-11-6-5-7-12-22)24(28)20-10-8-9-19(16-20)23(27)25-21-14-17(2)13-18(3)15-21/h5-16H,4H2,1-3H3,(H,25,27). The fraction of sp³-hybridized carbons (Fsp3) is 0.167. The van der Waals surface area contributed by atoms with E-state index in [1.807, 2.05) is 63.2 Å². The average molecular weight is 372 g/mol. The predicted octanol–water partition coefficient (Wildman–Crippen LogP) is 5.22. The van der Waals surface area contributed by atoms with E-state index < -0.39 is 0 Å². The van der Waals surface area contributed by atoms with E-state index in [9.17, 15) is 9.59 Å². The number of hydrogen-bond donors (Lipinski definition) is 1. The highest BCUT2D eigenvalue weighted by molar-refractivity contribution is 6.09. The minimum absolute atomic E-state index is 0.130. The lowest BCUT2D eigenvalue weighted by molar-refractivity contribution is 0.0988. The molecule has 2 amide bonds. The number of rotatable bonds is 5. The van der Waals surface area contributed by atoms with Crippen molar-refractivity contribution in [3.63, 3.8) is 0 Å². The summed E-state index contributed by atoms with van der Waals surface area (Å²) in [5, 5.41) is 2.92. The highest BCUT2D eigenvalue weighted by Gasteiger charge is 2.17. The minimum Gasteiger partial charge on any atom is -0.322 e. The van der Waals surface area contributed by atoms with Crippen LogP contribution in [0.1, 0.15) is 38.8 Å². The van der Waals surface area contributed by atoms with Crippen molar-refractivity contribution in [1.82, 2.24) is 0 Å². The molecule has 0 aliphatic heterocycles. The maximum Gasteiger partial charge on any atom is 0.258 e. The maximum absolute atomic E-state index is 13.0. The number of nitrogens with zero attached hydrogens (tertiary/aromatic N) is 1. The molecule has 28 heavy (non-hydrogen) atoms. The number of amides is 2. The number of benzene rings is 3. The lowest BCUT2D eigenvalue weighted by atomic mass is 10.1. The van der Waals surface area contributed by atoms with Crippen LogP contribution in [0.25, 0.3) is 0 Å². The Labute approximate surface area is 165 Å². The molecular weight excluding hydrogens is 348 g/mol. The molecule has 142 valence electrons. The topological polar surface area (TPSA) is 49.4 Å². The van der Waals surface area contributed by atoms with Crippen molar-refractivity contribution in [2.24, 2.45) is 0 Å². The molecule has 0 bridgehead atoms. The third-order valence-corrected chi connectivity index (χ3v) is 4.48. The molecule has 0 radical (unpaired) electrons. The van der Waals surface area contributed by atoms with Gasteiger partial charge in [-0.05, 0) is 74.4 Å². The molecule has 0 atom stereocenters. The van der Waals surface area contributed by atoms with Gasteiger partial charge >= 0.3 is 0 Å². The highest BCUT2D eigenvalue weighted by Crippen LogP contribution is 2.19. The van der Waals surface area contributed by atoms with E-state index in [2.05, 4.69) is 11.4 Å². The molecule has 0 saturated heterocycles. The van der Waals surface area contributed by atoms with Gasteiger partial charge in [0.25, 0.3) is 11.8 Å². The Morgan fingerprint density at radius 3 is 2.11 bits per heavy atom. The predicted molar refractivity (Wildman–Crippen MR) is 114 cm³/mol. The van der Waals surface area contributed by atoms with E-state index in [0.717, 1.165) is 22.5 Å². The van der Waals surface area contributed by atoms with Crippen molar-refractivity contribution in [3.05, 3.63) is 95.1 Å². The quantitative estimate of drug-likeness (QED) is 0.667. The van der Waals surface area contributed by atoms with Crippen LogP contribution >= 0.6 is 0 Å². The summed E-state index contributed by atoms with van der Waals surface area (Å²) in [6, 6.07) is 22.3. The van der Waals surface area contributed by atoms with Crippen molar-refractivity contribution in [3.8, 4) is 0 Å². The summed E-state index contributed by atoms with van der Waals surface area (Å²) < 4.78 is 0. The monoisotopic (exact) mass is 372 g/mol. The van der Waals surface area contributed by atoms with Crippen LogP contribution in [0.3, 0.4) is 0 Å². The number of hydrogen-bond acceptors (Lipinski definition) is 2. The molecule has 0 aliphatic rings. The Hall–Kier alpha value is -3.40. The average Bonchev–Trinajstić information content (AvgIpc) is 2.68. The number of carbonyl (C=O) groups excluding carboxylic acids is 2. The van der Waals surface area contributed by atoms with Crippen LogP contribution in [0, 0.1) is 13.8 Å². The molecule has 3 rings (SSSR count). The zero-order valence-electron chi connectivity index (χ0n) is 16.4. The van der Waals surface area contributed by atoms with Crippen LogP contribution in [0.15, 0.2) is 72.8 Å². The summed E-state index contributed by atoms with van der Waals surface area (Å²) in [5.41, 5.74) is 4.69. The van der Waals surface area contributed by atoms with Gasteiger partial charge in [0.15, 0.2) is 0 Å². The first-order chi connectivity index (χ1) is 13.5. The van der Waals surface area contributed by atoms with Gasteiger partial charge in [0.2, 0.25) is 0 Å².